The number of Topliss-reactive ketones (excluding diaryl/α,β-unsaturated/α-hetero) is 1. The van der Waals surface area contributed by atoms with Gasteiger partial charge >= 0.3 is 5.97 Å². The summed E-state index contributed by atoms with van der Waals surface area (Å²) in [7, 11) is 0. The van der Waals surface area contributed by atoms with Gasteiger partial charge in [-0.1, -0.05) is 12.1 Å². The largest absolute Gasteiger partial charge is 0.449 e. The van der Waals surface area contributed by atoms with E-state index in [9.17, 15) is 14.4 Å². The third kappa shape index (κ3) is 4.89. The van der Waals surface area contributed by atoms with E-state index in [0.29, 0.717) is 16.3 Å². The Kier molecular flexibility index (Phi) is 5.96. The number of ketones is 1. The zero-order valence-electron chi connectivity index (χ0n) is 15.3. The Hall–Kier alpha value is -3.32. The Bertz CT molecular complexity index is 1020. The minimum Gasteiger partial charge on any atom is -0.449 e. The monoisotopic (exact) mass is 394 g/mol. The molecule has 2 aromatic carbocycles. The van der Waals surface area contributed by atoms with E-state index in [2.05, 4.69) is 10.3 Å². The van der Waals surface area contributed by atoms with Crippen LogP contribution in [0.4, 0.5) is 5.69 Å². The van der Waals surface area contributed by atoms with Gasteiger partial charge in [-0.25, -0.2) is 9.78 Å². The Morgan fingerprint density at radius 1 is 1.11 bits per heavy atom. The van der Waals surface area contributed by atoms with Crippen molar-refractivity contribution in [2.45, 2.75) is 20.0 Å². The number of nitrogens with zero attached hydrogens (tertiary/aromatic N) is 1. The van der Waals surface area contributed by atoms with Crippen LogP contribution < -0.4 is 5.32 Å². The van der Waals surface area contributed by atoms with Gasteiger partial charge in [-0.2, -0.15) is 0 Å². The molecule has 0 unspecified atom stereocenters. The number of para-hydroxylation sites is 1. The summed E-state index contributed by atoms with van der Waals surface area (Å²) in [5.74, 6) is -1.15. The van der Waals surface area contributed by atoms with Crippen LogP contribution in [0.1, 0.15) is 29.2 Å². The van der Waals surface area contributed by atoms with Gasteiger partial charge in [-0.15, -0.1) is 11.3 Å². The average Bonchev–Trinajstić information content (AvgIpc) is 3.09. The average molecular weight is 394 g/mol. The van der Waals surface area contributed by atoms with Gasteiger partial charge in [-0.05, 0) is 56.3 Å². The van der Waals surface area contributed by atoms with Crippen molar-refractivity contribution in [2.75, 3.05) is 5.32 Å². The van der Waals surface area contributed by atoms with Gasteiger partial charge in [0.15, 0.2) is 11.9 Å². The van der Waals surface area contributed by atoms with Gasteiger partial charge < -0.3 is 10.1 Å². The van der Waals surface area contributed by atoms with Crippen LogP contribution in [-0.2, 0) is 14.3 Å². The molecule has 0 spiro atoms. The summed E-state index contributed by atoms with van der Waals surface area (Å²) in [5.41, 5.74) is 1.93. The summed E-state index contributed by atoms with van der Waals surface area (Å²) in [4.78, 5) is 39.8. The molecule has 1 heterocycles. The van der Waals surface area contributed by atoms with Crippen LogP contribution in [-0.4, -0.2) is 28.7 Å². The fraction of sp³-hybridized carbons (Fsp3) is 0.143. The predicted molar refractivity (Wildman–Crippen MR) is 109 cm³/mol. The SMILES string of the molecule is CC(=O)c1ccc(NC(=O)[C@@H](C)OC(=O)/C=C/c2nc3ccccc3s2)cc1. The Morgan fingerprint density at radius 2 is 1.82 bits per heavy atom. The standard InChI is InChI=1S/C21H18N2O4S/c1-13(24)15-7-9-16(10-8-15)22-21(26)14(2)27-20(25)12-11-19-23-17-5-3-4-6-18(17)28-19/h3-12,14H,1-2H3,(H,22,26)/b12-11+/t14-/m1/s1. The highest BCUT2D eigenvalue weighted by Gasteiger charge is 2.17. The summed E-state index contributed by atoms with van der Waals surface area (Å²) >= 11 is 1.46. The number of fused-ring (bicyclic) bond motifs is 1. The molecule has 0 radical (unpaired) electrons. The van der Waals surface area contributed by atoms with Gasteiger partial charge in [0.25, 0.3) is 5.91 Å². The molecule has 0 fully saturated rings. The van der Waals surface area contributed by atoms with Crippen molar-refractivity contribution in [2.24, 2.45) is 0 Å². The molecule has 28 heavy (non-hydrogen) atoms. The maximum atomic E-state index is 12.2. The molecule has 3 rings (SSSR count). The number of ether oxygens (including phenoxy) is 1. The minimum absolute atomic E-state index is 0.0555. The number of carbonyl (C=O) groups is 3. The van der Waals surface area contributed by atoms with Crippen LogP contribution >= 0.6 is 11.3 Å². The highest BCUT2D eigenvalue weighted by atomic mass is 32.1. The Morgan fingerprint density at radius 3 is 2.50 bits per heavy atom. The van der Waals surface area contributed by atoms with E-state index < -0.39 is 18.0 Å². The smallest absolute Gasteiger partial charge is 0.331 e. The molecule has 7 heteroatoms. The summed E-state index contributed by atoms with van der Waals surface area (Å²) in [6, 6.07) is 14.2. The minimum atomic E-state index is -0.972. The number of thiazole rings is 1. The first-order valence-electron chi connectivity index (χ1n) is 8.58. The van der Waals surface area contributed by atoms with Gasteiger partial charge in [0.1, 0.15) is 5.01 Å². The number of hydrogen-bond acceptors (Lipinski definition) is 6. The second kappa shape index (κ2) is 8.58. The molecule has 142 valence electrons. The van der Waals surface area contributed by atoms with Crippen molar-refractivity contribution in [3.05, 3.63) is 65.2 Å². The van der Waals surface area contributed by atoms with E-state index in [1.54, 1.807) is 30.3 Å². The maximum absolute atomic E-state index is 12.2. The number of aromatic nitrogens is 1. The van der Waals surface area contributed by atoms with Crippen LogP contribution in [0.25, 0.3) is 16.3 Å². The van der Waals surface area contributed by atoms with E-state index in [4.69, 9.17) is 4.74 Å². The highest BCUT2D eigenvalue weighted by Crippen LogP contribution is 2.22. The number of anilines is 1. The summed E-state index contributed by atoms with van der Waals surface area (Å²) in [5, 5.41) is 3.32. The van der Waals surface area contributed by atoms with Crippen molar-refractivity contribution in [3.63, 3.8) is 0 Å². The van der Waals surface area contributed by atoms with Crippen molar-refractivity contribution >= 4 is 51.0 Å². The van der Waals surface area contributed by atoms with Gasteiger partial charge in [0, 0.05) is 17.3 Å². The zero-order chi connectivity index (χ0) is 20.1. The van der Waals surface area contributed by atoms with Crippen molar-refractivity contribution in [1.29, 1.82) is 0 Å². The maximum Gasteiger partial charge on any atom is 0.331 e. The van der Waals surface area contributed by atoms with Gasteiger partial charge in [0.05, 0.1) is 10.2 Å². The first-order valence-corrected chi connectivity index (χ1v) is 9.40. The molecule has 1 N–H and O–H groups in total. The van der Waals surface area contributed by atoms with Crippen LogP contribution in [0.3, 0.4) is 0 Å². The molecule has 0 saturated heterocycles. The molecule has 1 aromatic heterocycles. The van der Waals surface area contributed by atoms with Gasteiger partial charge in [-0.3, -0.25) is 9.59 Å². The second-order valence-corrected chi connectivity index (χ2v) is 7.12. The Labute approximate surface area is 165 Å². The topological polar surface area (TPSA) is 85.4 Å². The van der Waals surface area contributed by atoms with E-state index in [0.717, 1.165) is 10.2 Å². The van der Waals surface area contributed by atoms with E-state index in [-0.39, 0.29) is 5.78 Å². The fourth-order valence-corrected chi connectivity index (χ4v) is 3.27. The van der Waals surface area contributed by atoms with Crippen LogP contribution in [0.5, 0.6) is 0 Å². The molecule has 0 saturated carbocycles. The lowest BCUT2D eigenvalue weighted by atomic mass is 10.1. The first kappa shape index (κ1) is 19.4. The summed E-state index contributed by atoms with van der Waals surface area (Å²) < 4.78 is 6.15. The Balaban J connectivity index is 1.55. The summed E-state index contributed by atoms with van der Waals surface area (Å²) in [6.45, 7) is 2.96. The van der Waals surface area contributed by atoms with Crippen LogP contribution in [0, 0.1) is 0 Å². The number of rotatable bonds is 6. The number of esters is 1. The van der Waals surface area contributed by atoms with E-state index in [1.165, 1.54) is 31.3 Å². The predicted octanol–water partition coefficient (Wildman–Crippen LogP) is 4.08. The number of carbonyl (C=O) groups excluding carboxylic acids is 3. The normalized spacial score (nSPS) is 12.1. The molecular weight excluding hydrogens is 376 g/mol. The number of hydrogen-bond donors (Lipinski definition) is 1. The van der Waals surface area contributed by atoms with Gasteiger partial charge in [0.2, 0.25) is 0 Å². The van der Waals surface area contributed by atoms with Crippen molar-refractivity contribution < 1.29 is 19.1 Å². The quantitative estimate of drug-likeness (QED) is 0.387. The highest BCUT2D eigenvalue weighted by molar-refractivity contribution is 7.19. The molecule has 1 atom stereocenters. The summed E-state index contributed by atoms with van der Waals surface area (Å²) in [6.07, 6.45) is 1.85. The lowest BCUT2D eigenvalue weighted by Crippen LogP contribution is -2.29. The molecule has 0 aliphatic carbocycles. The molecule has 0 aliphatic heterocycles. The fourth-order valence-electron chi connectivity index (χ4n) is 2.40. The molecular formula is C21H18N2O4S. The number of nitrogens with one attached hydrogen (secondary N) is 1. The number of amides is 1. The molecule has 6 nitrogen and oxygen atoms in total. The first-order chi connectivity index (χ1) is 13.4. The van der Waals surface area contributed by atoms with Crippen molar-refractivity contribution in [1.82, 2.24) is 4.98 Å². The number of benzene rings is 2. The lowest BCUT2D eigenvalue weighted by Gasteiger charge is -2.12. The molecule has 3 aromatic rings. The van der Waals surface area contributed by atoms with Crippen molar-refractivity contribution in [3.8, 4) is 0 Å². The molecule has 1 amide bonds. The van der Waals surface area contributed by atoms with E-state index in [1.807, 2.05) is 24.3 Å². The molecule has 0 aliphatic rings. The molecule has 0 bridgehead atoms. The second-order valence-electron chi connectivity index (χ2n) is 6.06. The van der Waals surface area contributed by atoms with Crippen LogP contribution in [0.15, 0.2) is 54.6 Å². The lowest BCUT2D eigenvalue weighted by molar-refractivity contribution is -0.148. The third-order valence-corrected chi connectivity index (χ3v) is 4.90. The van der Waals surface area contributed by atoms with E-state index >= 15 is 0 Å². The third-order valence-electron chi connectivity index (χ3n) is 3.89. The van der Waals surface area contributed by atoms with Crippen LogP contribution in [0.2, 0.25) is 0 Å². The zero-order valence-corrected chi connectivity index (χ0v) is 16.2.